The number of pyridine rings is 1. The number of hydrogen-bond acceptors (Lipinski definition) is 3. The summed E-state index contributed by atoms with van der Waals surface area (Å²) < 4.78 is 56.7. The number of methoxy groups -OCH3 is 1. The summed E-state index contributed by atoms with van der Waals surface area (Å²) in [4.78, 5) is 15.2. The molecule has 1 aromatic carbocycles. The van der Waals surface area contributed by atoms with Crippen LogP contribution < -0.4 is 0 Å². The van der Waals surface area contributed by atoms with Crippen molar-refractivity contribution in [3.63, 3.8) is 0 Å². The monoisotopic (exact) mass is 299 g/mol. The van der Waals surface area contributed by atoms with Crippen LogP contribution in [0, 0.1) is 5.82 Å². The molecule has 0 fully saturated rings. The van der Waals surface area contributed by atoms with Gasteiger partial charge in [0.05, 0.1) is 30.1 Å². The predicted molar refractivity (Wildman–Crippen MR) is 66.0 cm³/mol. The van der Waals surface area contributed by atoms with Gasteiger partial charge in [0.1, 0.15) is 5.82 Å². The van der Waals surface area contributed by atoms with E-state index in [9.17, 15) is 22.4 Å². The van der Waals surface area contributed by atoms with Crippen molar-refractivity contribution in [2.75, 3.05) is 7.11 Å². The molecule has 0 aliphatic carbocycles. The first-order valence-corrected chi connectivity index (χ1v) is 5.75. The highest BCUT2D eigenvalue weighted by Gasteiger charge is 2.34. The van der Waals surface area contributed by atoms with Gasteiger partial charge in [-0.25, -0.2) is 9.18 Å². The SMILES string of the molecule is COC(=O)c1cc(F)cnc1-c1ccccc1C(F)(F)F. The van der Waals surface area contributed by atoms with Gasteiger partial charge in [-0.05, 0) is 12.1 Å². The van der Waals surface area contributed by atoms with Crippen LogP contribution >= 0.6 is 0 Å². The van der Waals surface area contributed by atoms with Gasteiger partial charge in [-0.3, -0.25) is 4.98 Å². The summed E-state index contributed by atoms with van der Waals surface area (Å²) in [6.45, 7) is 0. The summed E-state index contributed by atoms with van der Waals surface area (Å²) >= 11 is 0. The molecule has 0 unspecified atom stereocenters. The standard InChI is InChI=1S/C14H9F4NO2/c1-21-13(20)10-6-8(15)7-19-12(10)9-4-2-3-5-11(9)14(16,17)18/h2-7H,1H3. The van der Waals surface area contributed by atoms with Crippen LogP contribution in [0.4, 0.5) is 17.6 Å². The summed E-state index contributed by atoms with van der Waals surface area (Å²) in [7, 11) is 1.05. The molecule has 2 aromatic rings. The maximum atomic E-state index is 13.2. The number of alkyl halides is 3. The summed E-state index contributed by atoms with van der Waals surface area (Å²) in [6.07, 6.45) is -3.88. The van der Waals surface area contributed by atoms with Gasteiger partial charge in [0.15, 0.2) is 0 Å². The Morgan fingerprint density at radius 2 is 1.90 bits per heavy atom. The molecule has 0 N–H and O–H groups in total. The van der Waals surface area contributed by atoms with Gasteiger partial charge in [0.2, 0.25) is 0 Å². The highest BCUT2D eigenvalue weighted by Crippen LogP contribution is 2.37. The minimum atomic E-state index is -4.62. The Kier molecular flexibility index (Phi) is 3.93. The Morgan fingerprint density at radius 3 is 2.52 bits per heavy atom. The maximum absolute atomic E-state index is 13.2. The zero-order valence-corrected chi connectivity index (χ0v) is 10.7. The fourth-order valence-corrected chi connectivity index (χ4v) is 1.86. The van der Waals surface area contributed by atoms with Crippen LogP contribution in [0.1, 0.15) is 15.9 Å². The molecule has 110 valence electrons. The number of carbonyl (C=O) groups excluding carboxylic acids is 1. The van der Waals surface area contributed by atoms with Crippen molar-refractivity contribution >= 4 is 5.97 Å². The molecule has 0 aliphatic rings. The molecule has 1 aromatic heterocycles. The van der Waals surface area contributed by atoms with Crippen molar-refractivity contribution in [2.24, 2.45) is 0 Å². The number of esters is 1. The third-order valence-corrected chi connectivity index (χ3v) is 2.75. The van der Waals surface area contributed by atoms with E-state index in [0.29, 0.717) is 0 Å². The summed E-state index contributed by atoms with van der Waals surface area (Å²) in [5.74, 6) is -1.81. The van der Waals surface area contributed by atoms with Crippen molar-refractivity contribution < 1.29 is 27.1 Å². The van der Waals surface area contributed by atoms with Crippen molar-refractivity contribution in [2.45, 2.75) is 6.18 Å². The number of hydrogen-bond donors (Lipinski definition) is 0. The minimum absolute atomic E-state index is 0.281. The van der Waals surface area contributed by atoms with E-state index in [1.54, 1.807) is 0 Å². The first-order valence-electron chi connectivity index (χ1n) is 5.75. The van der Waals surface area contributed by atoms with Crippen molar-refractivity contribution in [3.8, 4) is 11.3 Å². The van der Waals surface area contributed by atoms with Crippen LogP contribution in [0.2, 0.25) is 0 Å². The average Bonchev–Trinajstić information content (AvgIpc) is 2.45. The Labute approximate surface area is 117 Å². The molecular weight excluding hydrogens is 290 g/mol. The summed E-state index contributed by atoms with van der Waals surface area (Å²) in [6, 6.07) is 5.41. The van der Waals surface area contributed by atoms with Gasteiger partial charge in [-0.15, -0.1) is 0 Å². The Hall–Kier alpha value is -2.44. The van der Waals surface area contributed by atoms with E-state index in [1.807, 2.05) is 0 Å². The fourth-order valence-electron chi connectivity index (χ4n) is 1.86. The van der Waals surface area contributed by atoms with Gasteiger partial charge >= 0.3 is 12.1 Å². The average molecular weight is 299 g/mol. The lowest BCUT2D eigenvalue weighted by molar-refractivity contribution is -0.137. The van der Waals surface area contributed by atoms with E-state index < -0.39 is 23.5 Å². The topological polar surface area (TPSA) is 39.2 Å². The lowest BCUT2D eigenvalue weighted by Crippen LogP contribution is -2.11. The van der Waals surface area contributed by atoms with Gasteiger partial charge in [0, 0.05) is 5.56 Å². The van der Waals surface area contributed by atoms with Gasteiger partial charge in [-0.2, -0.15) is 13.2 Å². The van der Waals surface area contributed by atoms with Crippen molar-refractivity contribution in [1.82, 2.24) is 4.98 Å². The second-order valence-electron chi connectivity index (χ2n) is 4.08. The van der Waals surface area contributed by atoms with E-state index in [1.165, 1.54) is 12.1 Å². The lowest BCUT2D eigenvalue weighted by Gasteiger charge is -2.14. The van der Waals surface area contributed by atoms with Gasteiger partial charge in [0.25, 0.3) is 0 Å². The quantitative estimate of drug-likeness (QED) is 0.627. The van der Waals surface area contributed by atoms with E-state index in [4.69, 9.17) is 0 Å². The van der Waals surface area contributed by atoms with Crippen molar-refractivity contribution in [1.29, 1.82) is 0 Å². The molecule has 0 spiro atoms. The predicted octanol–water partition coefficient (Wildman–Crippen LogP) is 3.69. The molecule has 0 saturated carbocycles. The molecule has 0 atom stereocenters. The number of rotatable bonds is 2. The smallest absolute Gasteiger partial charge is 0.417 e. The third-order valence-electron chi connectivity index (χ3n) is 2.75. The van der Waals surface area contributed by atoms with E-state index in [0.717, 1.165) is 31.5 Å². The number of aromatic nitrogens is 1. The molecule has 0 bridgehead atoms. The second kappa shape index (κ2) is 5.51. The Morgan fingerprint density at radius 1 is 1.24 bits per heavy atom. The Balaban J connectivity index is 2.71. The molecule has 2 rings (SSSR count). The van der Waals surface area contributed by atoms with E-state index >= 15 is 0 Å². The van der Waals surface area contributed by atoms with E-state index in [-0.39, 0.29) is 16.8 Å². The number of ether oxygens (including phenoxy) is 1. The van der Waals surface area contributed by atoms with Gasteiger partial charge in [-0.1, -0.05) is 18.2 Å². The highest BCUT2D eigenvalue weighted by atomic mass is 19.4. The van der Waals surface area contributed by atoms with E-state index in [2.05, 4.69) is 9.72 Å². The van der Waals surface area contributed by atoms with Crippen LogP contribution in [0.3, 0.4) is 0 Å². The summed E-state index contributed by atoms with van der Waals surface area (Å²) in [5, 5.41) is 0. The third kappa shape index (κ3) is 3.01. The largest absolute Gasteiger partial charge is 0.465 e. The molecule has 3 nitrogen and oxygen atoms in total. The van der Waals surface area contributed by atoms with Gasteiger partial charge < -0.3 is 4.74 Å². The van der Waals surface area contributed by atoms with Crippen molar-refractivity contribution in [3.05, 3.63) is 53.5 Å². The number of benzene rings is 1. The maximum Gasteiger partial charge on any atom is 0.417 e. The minimum Gasteiger partial charge on any atom is -0.465 e. The van der Waals surface area contributed by atoms with Crippen LogP contribution in [0.25, 0.3) is 11.3 Å². The number of carbonyl (C=O) groups is 1. The Bertz CT molecular complexity index is 683. The second-order valence-corrected chi connectivity index (χ2v) is 4.08. The first kappa shape index (κ1) is 15.0. The lowest BCUT2D eigenvalue weighted by atomic mass is 10.00. The van der Waals surface area contributed by atoms with Crippen LogP contribution in [0.5, 0.6) is 0 Å². The van der Waals surface area contributed by atoms with Crippen LogP contribution in [-0.4, -0.2) is 18.1 Å². The van der Waals surface area contributed by atoms with Crippen LogP contribution in [0.15, 0.2) is 36.5 Å². The highest BCUT2D eigenvalue weighted by molar-refractivity contribution is 5.96. The normalized spacial score (nSPS) is 11.3. The summed E-state index contributed by atoms with van der Waals surface area (Å²) in [5.41, 5.74) is -1.93. The zero-order valence-electron chi connectivity index (χ0n) is 10.7. The molecule has 0 saturated heterocycles. The zero-order chi connectivity index (χ0) is 15.6. The van der Waals surface area contributed by atoms with Crippen LogP contribution in [-0.2, 0) is 10.9 Å². The molecule has 0 radical (unpaired) electrons. The molecule has 21 heavy (non-hydrogen) atoms. The number of halogens is 4. The molecular formula is C14H9F4NO2. The molecule has 0 aliphatic heterocycles. The first-order chi connectivity index (χ1) is 9.84. The number of nitrogens with zero attached hydrogens (tertiary/aromatic N) is 1. The molecule has 0 amide bonds. The molecule has 1 heterocycles. The fraction of sp³-hybridized carbons (Fsp3) is 0.143. The molecule has 7 heteroatoms.